The van der Waals surface area contributed by atoms with Gasteiger partial charge in [0.15, 0.2) is 5.78 Å². The minimum atomic E-state index is -0.757. The number of non-ortho nitro benzene ring substituents is 1. The number of nitro groups is 2. The summed E-state index contributed by atoms with van der Waals surface area (Å²) in [6, 6.07) is 8.97. The normalized spacial score (nSPS) is 17.1. The van der Waals surface area contributed by atoms with Crippen LogP contribution in [0.5, 0.6) is 5.75 Å². The molecule has 2 aliphatic rings. The molecule has 10 heteroatoms. The summed E-state index contributed by atoms with van der Waals surface area (Å²) in [6.45, 7) is 1.94. The van der Waals surface area contributed by atoms with E-state index in [1.165, 1.54) is 11.8 Å². The lowest BCUT2D eigenvalue weighted by Gasteiger charge is -2.44. The fourth-order valence-electron chi connectivity index (χ4n) is 4.21. The Morgan fingerprint density at radius 1 is 1.10 bits per heavy atom. The van der Waals surface area contributed by atoms with E-state index in [4.69, 9.17) is 4.74 Å². The smallest absolute Gasteiger partial charge is 0.279 e. The molecular formula is C21H19N3O7. The van der Waals surface area contributed by atoms with Gasteiger partial charge in [-0.05, 0) is 19.1 Å². The number of piperidine rings is 1. The lowest BCUT2D eigenvalue weighted by molar-refractivity contribution is -0.394. The summed E-state index contributed by atoms with van der Waals surface area (Å²) in [5.41, 5.74) is -1.12. The molecular weight excluding hydrogens is 406 g/mol. The maximum absolute atomic E-state index is 13.1. The van der Waals surface area contributed by atoms with Crippen molar-refractivity contribution in [1.29, 1.82) is 0 Å². The van der Waals surface area contributed by atoms with Gasteiger partial charge in [0, 0.05) is 37.6 Å². The molecule has 1 spiro atoms. The van der Waals surface area contributed by atoms with Crippen LogP contribution in [0.2, 0.25) is 0 Å². The van der Waals surface area contributed by atoms with Gasteiger partial charge in [-0.15, -0.1) is 0 Å². The first-order chi connectivity index (χ1) is 14.7. The molecule has 2 aromatic rings. The molecule has 1 amide bonds. The summed E-state index contributed by atoms with van der Waals surface area (Å²) in [4.78, 5) is 48.1. The lowest BCUT2D eigenvalue weighted by Crippen LogP contribution is -2.52. The summed E-state index contributed by atoms with van der Waals surface area (Å²) in [5, 5.41) is 22.5. The Hall–Kier alpha value is -3.82. The molecule has 0 atom stereocenters. The fourth-order valence-corrected chi connectivity index (χ4v) is 4.21. The standard InChI is InChI=1S/C21H19N3O7/c1-13-16(10-14(23(27)28)11-17(13)24(29)30)20(26)22-8-6-21(7-9-22)12-18(25)15-4-2-3-5-19(15)31-21/h2-5,10-11H,6-9,12H2,1H3. The molecule has 0 N–H and O–H groups in total. The van der Waals surface area contributed by atoms with E-state index in [-0.39, 0.29) is 36.4 Å². The minimum absolute atomic E-state index is 0.00761. The number of hydrogen-bond acceptors (Lipinski definition) is 7. The van der Waals surface area contributed by atoms with Gasteiger partial charge in [0.2, 0.25) is 0 Å². The highest BCUT2D eigenvalue weighted by atomic mass is 16.6. The third-order valence-electron chi connectivity index (χ3n) is 5.96. The zero-order valence-corrected chi connectivity index (χ0v) is 16.7. The third kappa shape index (κ3) is 3.60. The number of nitrogens with zero attached hydrogens (tertiary/aromatic N) is 3. The lowest BCUT2D eigenvalue weighted by atomic mass is 9.82. The van der Waals surface area contributed by atoms with Crippen molar-refractivity contribution in [3.05, 3.63) is 73.3 Å². The number of fused-ring (bicyclic) bond motifs is 1. The van der Waals surface area contributed by atoms with Crippen LogP contribution in [0.1, 0.15) is 45.5 Å². The number of nitro benzene ring substituents is 2. The first-order valence-electron chi connectivity index (χ1n) is 9.75. The highest BCUT2D eigenvalue weighted by molar-refractivity contribution is 6.00. The summed E-state index contributed by atoms with van der Waals surface area (Å²) < 4.78 is 6.15. The Balaban J connectivity index is 1.56. The number of rotatable bonds is 3. The summed E-state index contributed by atoms with van der Waals surface area (Å²) >= 11 is 0. The van der Waals surface area contributed by atoms with Crippen LogP contribution < -0.4 is 4.74 Å². The van der Waals surface area contributed by atoms with E-state index < -0.39 is 32.7 Å². The number of ether oxygens (including phenoxy) is 1. The third-order valence-corrected chi connectivity index (χ3v) is 5.96. The zero-order valence-electron chi connectivity index (χ0n) is 16.7. The number of para-hydroxylation sites is 1. The van der Waals surface area contributed by atoms with Crippen LogP contribution >= 0.6 is 0 Å². The van der Waals surface area contributed by atoms with Gasteiger partial charge in [-0.2, -0.15) is 0 Å². The Morgan fingerprint density at radius 3 is 2.42 bits per heavy atom. The Kier molecular flexibility index (Phi) is 4.92. The van der Waals surface area contributed by atoms with Gasteiger partial charge in [0.25, 0.3) is 17.3 Å². The van der Waals surface area contributed by atoms with Crippen LogP contribution in [-0.2, 0) is 0 Å². The minimum Gasteiger partial charge on any atom is -0.486 e. The Bertz CT molecular complexity index is 1120. The van der Waals surface area contributed by atoms with Crippen molar-refractivity contribution in [1.82, 2.24) is 4.90 Å². The van der Waals surface area contributed by atoms with E-state index in [9.17, 15) is 29.8 Å². The van der Waals surface area contributed by atoms with Crippen molar-refractivity contribution in [2.24, 2.45) is 0 Å². The van der Waals surface area contributed by atoms with Gasteiger partial charge < -0.3 is 9.64 Å². The molecule has 4 rings (SSSR count). The maximum Gasteiger partial charge on any atom is 0.279 e. The highest BCUT2D eigenvalue weighted by Crippen LogP contribution is 2.39. The quantitative estimate of drug-likeness (QED) is 0.543. The average molecular weight is 425 g/mol. The molecule has 2 aliphatic heterocycles. The van der Waals surface area contributed by atoms with Crippen molar-refractivity contribution < 1.29 is 24.2 Å². The van der Waals surface area contributed by atoms with Crippen LogP contribution in [0.3, 0.4) is 0 Å². The number of carbonyl (C=O) groups is 2. The van der Waals surface area contributed by atoms with Crippen LogP contribution in [0, 0.1) is 27.2 Å². The molecule has 0 radical (unpaired) electrons. The molecule has 10 nitrogen and oxygen atoms in total. The molecule has 160 valence electrons. The van der Waals surface area contributed by atoms with Gasteiger partial charge in [-0.1, -0.05) is 12.1 Å². The second kappa shape index (κ2) is 7.46. The molecule has 1 fully saturated rings. The molecule has 0 saturated carbocycles. The molecule has 2 heterocycles. The molecule has 0 aliphatic carbocycles. The van der Waals surface area contributed by atoms with Gasteiger partial charge in [0.05, 0.1) is 33.5 Å². The van der Waals surface area contributed by atoms with E-state index in [0.717, 1.165) is 12.1 Å². The van der Waals surface area contributed by atoms with E-state index in [2.05, 4.69) is 0 Å². The Labute approximate surface area is 176 Å². The van der Waals surface area contributed by atoms with E-state index in [1.54, 1.807) is 24.3 Å². The van der Waals surface area contributed by atoms with Gasteiger partial charge >= 0.3 is 0 Å². The predicted molar refractivity (Wildman–Crippen MR) is 108 cm³/mol. The van der Waals surface area contributed by atoms with Crippen molar-refractivity contribution in [2.45, 2.75) is 31.8 Å². The molecule has 31 heavy (non-hydrogen) atoms. The number of hydrogen-bond donors (Lipinski definition) is 0. The second-order valence-electron chi connectivity index (χ2n) is 7.83. The molecule has 0 aromatic heterocycles. The average Bonchev–Trinajstić information content (AvgIpc) is 2.73. The molecule has 1 saturated heterocycles. The number of amides is 1. The summed E-state index contributed by atoms with van der Waals surface area (Å²) in [7, 11) is 0. The van der Waals surface area contributed by atoms with Crippen LogP contribution in [0.15, 0.2) is 36.4 Å². The first kappa shape index (κ1) is 20.5. The Morgan fingerprint density at radius 2 is 1.77 bits per heavy atom. The monoisotopic (exact) mass is 425 g/mol. The molecule has 0 unspecified atom stereocenters. The van der Waals surface area contributed by atoms with Crippen molar-refractivity contribution in [2.75, 3.05) is 13.1 Å². The van der Waals surface area contributed by atoms with E-state index >= 15 is 0 Å². The summed E-state index contributed by atoms with van der Waals surface area (Å²) in [5.74, 6) is 0.0112. The number of carbonyl (C=O) groups excluding carboxylic acids is 2. The van der Waals surface area contributed by atoms with Crippen LogP contribution in [-0.4, -0.2) is 45.1 Å². The number of benzene rings is 2. The molecule has 2 aromatic carbocycles. The topological polar surface area (TPSA) is 133 Å². The maximum atomic E-state index is 13.1. The zero-order chi connectivity index (χ0) is 22.3. The SMILES string of the molecule is Cc1c(C(=O)N2CCC3(CC2)CC(=O)c2ccccc2O3)cc([N+](=O)[O-])cc1[N+](=O)[O-]. The largest absolute Gasteiger partial charge is 0.486 e. The second-order valence-corrected chi connectivity index (χ2v) is 7.83. The van der Waals surface area contributed by atoms with Crippen LogP contribution in [0.25, 0.3) is 0 Å². The van der Waals surface area contributed by atoms with Gasteiger partial charge in [-0.3, -0.25) is 29.8 Å². The number of Topliss-reactive ketones (excluding diaryl/α,β-unsaturated/α-hetero) is 1. The van der Waals surface area contributed by atoms with Crippen molar-refractivity contribution >= 4 is 23.1 Å². The van der Waals surface area contributed by atoms with Crippen molar-refractivity contribution in [3.63, 3.8) is 0 Å². The number of ketones is 1. The summed E-state index contributed by atoms with van der Waals surface area (Å²) in [6.07, 6.45) is 1.04. The van der Waals surface area contributed by atoms with E-state index in [0.29, 0.717) is 24.2 Å². The number of likely N-dealkylation sites (tertiary alicyclic amines) is 1. The first-order valence-corrected chi connectivity index (χ1v) is 9.75. The van der Waals surface area contributed by atoms with Gasteiger partial charge in [0.1, 0.15) is 11.4 Å². The van der Waals surface area contributed by atoms with Gasteiger partial charge in [-0.25, -0.2) is 0 Å². The van der Waals surface area contributed by atoms with Crippen LogP contribution in [0.4, 0.5) is 11.4 Å². The molecule has 0 bridgehead atoms. The predicted octanol–water partition coefficient (Wildman–Crippen LogP) is 3.45. The van der Waals surface area contributed by atoms with Crippen molar-refractivity contribution in [3.8, 4) is 5.75 Å². The highest BCUT2D eigenvalue weighted by Gasteiger charge is 2.44. The van der Waals surface area contributed by atoms with E-state index in [1.807, 2.05) is 0 Å². The fraction of sp³-hybridized carbons (Fsp3) is 0.333.